The number of nitro groups is 1. The van der Waals surface area contributed by atoms with Gasteiger partial charge < -0.3 is 16.6 Å². The van der Waals surface area contributed by atoms with E-state index in [0.29, 0.717) is 11.3 Å². The molecule has 2 rings (SSSR count). The summed E-state index contributed by atoms with van der Waals surface area (Å²) < 4.78 is 2.98. The highest BCUT2D eigenvalue weighted by atomic mass is 32.2. The minimum Gasteiger partial charge on any atom is -0.393 e. The molecule has 2 aromatic carbocycles. The Morgan fingerprint density at radius 1 is 1.25 bits per heavy atom. The molecule has 0 spiro atoms. The van der Waals surface area contributed by atoms with Gasteiger partial charge in [0.2, 0.25) is 0 Å². The molecule has 24 heavy (non-hydrogen) atoms. The van der Waals surface area contributed by atoms with Gasteiger partial charge in [0, 0.05) is 23.5 Å². The van der Waals surface area contributed by atoms with Crippen molar-refractivity contribution < 1.29 is 10.0 Å². The largest absolute Gasteiger partial charge is 0.393 e. The Hall–Kier alpha value is -2.13. The van der Waals surface area contributed by atoms with Gasteiger partial charge in [0.15, 0.2) is 0 Å². The molecule has 2 aromatic rings. The van der Waals surface area contributed by atoms with Gasteiger partial charge in [-0.15, -0.1) is 0 Å². The van der Waals surface area contributed by atoms with Gasteiger partial charge in [0.1, 0.15) is 5.69 Å². The van der Waals surface area contributed by atoms with Crippen molar-refractivity contribution in [3.8, 4) is 0 Å². The molecule has 0 saturated carbocycles. The highest BCUT2D eigenvalue weighted by molar-refractivity contribution is 7.97. The molecule has 6 N–H and O–H groups in total. The average molecular weight is 348 g/mol. The van der Waals surface area contributed by atoms with Crippen LogP contribution in [0.25, 0.3) is 0 Å². The van der Waals surface area contributed by atoms with Crippen molar-refractivity contribution in [2.24, 2.45) is 5.73 Å². The first-order valence-electron chi connectivity index (χ1n) is 7.38. The molecule has 0 aliphatic carbocycles. The van der Waals surface area contributed by atoms with Crippen LogP contribution in [0.15, 0.2) is 53.4 Å². The van der Waals surface area contributed by atoms with Gasteiger partial charge >= 0.3 is 0 Å². The number of aliphatic hydroxyl groups excluding tert-OH is 1. The van der Waals surface area contributed by atoms with E-state index in [9.17, 15) is 15.2 Å². The zero-order valence-electron chi connectivity index (χ0n) is 13.0. The molecule has 0 heterocycles. The summed E-state index contributed by atoms with van der Waals surface area (Å²) in [4.78, 5) is 11.0. The number of anilines is 1. The molecule has 0 aromatic heterocycles. The van der Waals surface area contributed by atoms with E-state index in [1.165, 1.54) is 24.1 Å². The summed E-state index contributed by atoms with van der Waals surface area (Å²) >= 11 is 1.19. The smallest absolute Gasteiger partial charge is 0.293 e. The SMILES string of the molecule is Nc1ccc(SNC[C@@H](O)[C@@H](N)Cc2ccccc2)cc1[N+](=O)[O-]. The van der Waals surface area contributed by atoms with E-state index in [1.54, 1.807) is 6.07 Å². The van der Waals surface area contributed by atoms with Gasteiger partial charge in [-0.05, 0) is 36.1 Å². The van der Waals surface area contributed by atoms with E-state index >= 15 is 0 Å². The summed E-state index contributed by atoms with van der Waals surface area (Å²) in [5, 5.41) is 21.0. The summed E-state index contributed by atoms with van der Waals surface area (Å²) in [7, 11) is 0. The summed E-state index contributed by atoms with van der Waals surface area (Å²) in [5.41, 5.74) is 12.6. The van der Waals surface area contributed by atoms with Crippen molar-refractivity contribution in [2.75, 3.05) is 12.3 Å². The van der Waals surface area contributed by atoms with E-state index in [4.69, 9.17) is 11.5 Å². The number of nitrogens with one attached hydrogen (secondary N) is 1. The van der Waals surface area contributed by atoms with Crippen LogP contribution >= 0.6 is 11.9 Å². The molecular formula is C16H20N4O3S. The Morgan fingerprint density at radius 2 is 1.96 bits per heavy atom. The molecule has 0 aliphatic heterocycles. The first-order valence-corrected chi connectivity index (χ1v) is 8.20. The average Bonchev–Trinajstić information content (AvgIpc) is 2.56. The fraction of sp³-hybridized carbons (Fsp3) is 0.250. The number of hydrogen-bond donors (Lipinski definition) is 4. The summed E-state index contributed by atoms with van der Waals surface area (Å²) in [6.45, 7) is 0.261. The number of hydrogen-bond acceptors (Lipinski definition) is 7. The molecule has 0 saturated heterocycles. The van der Waals surface area contributed by atoms with Crippen molar-refractivity contribution in [1.29, 1.82) is 0 Å². The van der Waals surface area contributed by atoms with E-state index in [1.807, 2.05) is 30.3 Å². The first-order chi connectivity index (χ1) is 11.5. The third-order valence-corrected chi connectivity index (χ3v) is 4.29. The number of nitrogen functional groups attached to an aromatic ring is 1. The van der Waals surface area contributed by atoms with E-state index in [2.05, 4.69) is 4.72 Å². The number of rotatable bonds is 8. The molecule has 0 aliphatic rings. The number of aliphatic hydroxyl groups is 1. The third kappa shape index (κ3) is 5.20. The van der Waals surface area contributed by atoms with Gasteiger partial charge in [0.25, 0.3) is 5.69 Å². The Balaban J connectivity index is 1.83. The topological polar surface area (TPSA) is 127 Å². The van der Waals surface area contributed by atoms with Crippen LogP contribution in [0.3, 0.4) is 0 Å². The van der Waals surface area contributed by atoms with Crippen molar-refractivity contribution in [1.82, 2.24) is 4.72 Å². The fourth-order valence-corrected chi connectivity index (χ4v) is 2.86. The van der Waals surface area contributed by atoms with Crippen LogP contribution < -0.4 is 16.2 Å². The molecule has 0 unspecified atom stereocenters. The highest BCUT2D eigenvalue weighted by Gasteiger charge is 2.16. The van der Waals surface area contributed by atoms with Gasteiger partial charge in [-0.2, -0.15) is 0 Å². The van der Waals surface area contributed by atoms with Gasteiger partial charge in [0.05, 0.1) is 11.0 Å². The predicted octanol–water partition coefficient (Wildman–Crippen LogP) is 1.70. The number of nitrogens with zero attached hydrogens (tertiary/aromatic N) is 1. The lowest BCUT2D eigenvalue weighted by atomic mass is 10.0. The lowest BCUT2D eigenvalue weighted by Gasteiger charge is -2.19. The quantitative estimate of drug-likeness (QED) is 0.247. The van der Waals surface area contributed by atoms with Crippen molar-refractivity contribution in [2.45, 2.75) is 23.5 Å². The Labute approximate surface area is 144 Å². The fourth-order valence-electron chi connectivity index (χ4n) is 2.13. The zero-order valence-corrected chi connectivity index (χ0v) is 13.8. The normalized spacial score (nSPS) is 13.4. The van der Waals surface area contributed by atoms with Crippen LogP contribution in [0, 0.1) is 10.1 Å². The van der Waals surface area contributed by atoms with Crippen LogP contribution in [-0.4, -0.2) is 28.7 Å². The molecular weight excluding hydrogens is 328 g/mol. The number of benzene rings is 2. The maximum atomic E-state index is 10.9. The van der Waals surface area contributed by atoms with Crippen LogP contribution in [0.5, 0.6) is 0 Å². The van der Waals surface area contributed by atoms with Gasteiger partial charge in [-0.25, -0.2) is 0 Å². The minimum atomic E-state index is -0.735. The lowest BCUT2D eigenvalue weighted by molar-refractivity contribution is -0.384. The van der Waals surface area contributed by atoms with Gasteiger partial charge in [-0.3, -0.25) is 14.8 Å². The molecule has 8 heteroatoms. The summed E-state index contributed by atoms with van der Waals surface area (Å²) in [5.74, 6) is 0. The molecule has 7 nitrogen and oxygen atoms in total. The van der Waals surface area contributed by atoms with Crippen LogP contribution in [0.1, 0.15) is 5.56 Å². The van der Waals surface area contributed by atoms with Crippen molar-refractivity contribution in [3.63, 3.8) is 0 Å². The molecule has 0 radical (unpaired) electrons. The summed E-state index contributed by atoms with van der Waals surface area (Å²) in [6, 6.07) is 13.9. The molecule has 0 fully saturated rings. The Kier molecular flexibility index (Phi) is 6.56. The Bertz CT molecular complexity index is 684. The predicted molar refractivity (Wildman–Crippen MR) is 95.5 cm³/mol. The molecule has 2 atom stereocenters. The second kappa shape index (κ2) is 8.65. The monoisotopic (exact) mass is 348 g/mol. The molecule has 0 bridgehead atoms. The lowest BCUT2D eigenvalue weighted by Crippen LogP contribution is -2.41. The van der Waals surface area contributed by atoms with E-state index < -0.39 is 17.1 Å². The van der Waals surface area contributed by atoms with E-state index in [-0.39, 0.29) is 17.9 Å². The third-order valence-electron chi connectivity index (χ3n) is 3.49. The van der Waals surface area contributed by atoms with E-state index in [0.717, 1.165) is 5.56 Å². The first kappa shape index (κ1) is 18.2. The van der Waals surface area contributed by atoms with Crippen molar-refractivity contribution >= 4 is 23.3 Å². The second-order valence-corrected chi connectivity index (χ2v) is 6.31. The summed E-state index contributed by atoms with van der Waals surface area (Å²) in [6.07, 6.45) is -0.164. The number of nitro benzene ring substituents is 1. The van der Waals surface area contributed by atoms with Crippen molar-refractivity contribution in [3.05, 3.63) is 64.2 Å². The van der Waals surface area contributed by atoms with Crippen LogP contribution in [0.2, 0.25) is 0 Å². The second-order valence-electron chi connectivity index (χ2n) is 5.35. The molecule has 128 valence electrons. The van der Waals surface area contributed by atoms with Crippen LogP contribution in [-0.2, 0) is 6.42 Å². The highest BCUT2D eigenvalue weighted by Crippen LogP contribution is 2.26. The Morgan fingerprint density at radius 3 is 2.62 bits per heavy atom. The standard InChI is InChI=1S/C16H20N4O3S/c17-13-7-6-12(9-15(13)20(22)23)24-19-10-16(21)14(18)8-11-4-2-1-3-5-11/h1-7,9,14,16,19,21H,8,10,17-18H2/t14-,16+/m0/s1. The van der Waals surface area contributed by atoms with Gasteiger partial charge in [-0.1, -0.05) is 30.3 Å². The molecule has 0 amide bonds. The zero-order chi connectivity index (χ0) is 17.5. The maximum absolute atomic E-state index is 10.9. The van der Waals surface area contributed by atoms with Crippen LogP contribution in [0.4, 0.5) is 11.4 Å². The number of nitrogens with two attached hydrogens (primary N) is 2. The maximum Gasteiger partial charge on any atom is 0.293 e. The minimum absolute atomic E-state index is 0.120.